The van der Waals surface area contributed by atoms with Gasteiger partial charge in [0.05, 0.1) is 6.10 Å². The molecule has 0 bridgehead atoms. The average Bonchev–Trinajstić information content (AvgIpc) is 1.98. The summed E-state index contributed by atoms with van der Waals surface area (Å²) in [5.74, 6) is 0.328. The summed E-state index contributed by atoms with van der Waals surface area (Å²) in [5, 5.41) is 9.64. The Balaban J connectivity index is 2.94. The van der Waals surface area contributed by atoms with E-state index in [9.17, 15) is 9.90 Å². The third kappa shape index (κ3) is 3.03. The molecule has 2 atom stereocenters. The molecule has 0 fully saturated rings. The van der Waals surface area contributed by atoms with Gasteiger partial charge in [-0.05, 0) is 31.8 Å². The lowest BCUT2D eigenvalue weighted by atomic mass is 9.68. The summed E-state index contributed by atoms with van der Waals surface area (Å²) < 4.78 is 0. The first kappa shape index (κ1) is 12.2. The lowest BCUT2D eigenvalue weighted by Crippen LogP contribution is -2.32. The fourth-order valence-electron chi connectivity index (χ4n) is 2.39. The molecule has 0 saturated carbocycles. The molecule has 0 saturated heterocycles. The number of allylic oxidation sites excluding steroid dienone is 3. The standard InChI is InChI=1S/C13H20O2/c1-9-7-11(15)8-13(3,4)12(9)6-5-10(2)14/h5-7,11-12,15H,8H2,1-4H3/b6-5+/t11-,12-/m0/s1. The molecule has 15 heavy (non-hydrogen) atoms. The summed E-state index contributed by atoms with van der Waals surface area (Å²) in [4.78, 5) is 10.9. The van der Waals surface area contributed by atoms with E-state index in [2.05, 4.69) is 13.8 Å². The van der Waals surface area contributed by atoms with Crippen molar-refractivity contribution in [2.45, 2.75) is 40.2 Å². The van der Waals surface area contributed by atoms with Gasteiger partial charge in [-0.1, -0.05) is 31.6 Å². The predicted molar refractivity (Wildman–Crippen MR) is 61.5 cm³/mol. The SMILES string of the molecule is CC(=O)/C=C/[C@H]1C(C)=C[C@H](O)CC1(C)C. The molecule has 0 unspecified atom stereocenters. The Morgan fingerprint density at radius 3 is 2.67 bits per heavy atom. The molecule has 0 radical (unpaired) electrons. The Morgan fingerprint density at radius 2 is 2.20 bits per heavy atom. The van der Waals surface area contributed by atoms with E-state index < -0.39 is 0 Å². The first-order valence-electron chi connectivity index (χ1n) is 5.38. The van der Waals surface area contributed by atoms with E-state index in [-0.39, 0.29) is 23.2 Å². The third-order valence-corrected chi connectivity index (χ3v) is 3.05. The lowest BCUT2D eigenvalue weighted by molar-refractivity contribution is -0.112. The molecule has 0 spiro atoms. The van der Waals surface area contributed by atoms with E-state index in [4.69, 9.17) is 0 Å². The van der Waals surface area contributed by atoms with Crippen molar-refractivity contribution >= 4 is 5.78 Å². The molecule has 0 aromatic rings. The second-order valence-electron chi connectivity index (χ2n) is 5.12. The molecule has 0 aromatic carbocycles. The van der Waals surface area contributed by atoms with Crippen LogP contribution < -0.4 is 0 Å². The van der Waals surface area contributed by atoms with E-state index in [1.165, 1.54) is 0 Å². The number of carbonyl (C=O) groups excluding carboxylic acids is 1. The highest BCUT2D eigenvalue weighted by Gasteiger charge is 2.34. The third-order valence-electron chi connectivity index (χ3n) is 3.05. The zero-order valence-corrected chi connectivity index (χ0v) is 9.95. The summed E-state index contributed by atoms with van der Waals surface area (Å²) in [5.41, 5.74) is 1.17. The molecule has 2 nitrogen and oxygen atoms in total. The quantitative estimate of drug-likeness (QED) is 0.559. The van der Waals surface area contributed by atoms with Crippen LogP contribution in [0.5, 0.6) is 0 Å². The van der Waals surface area contributed by atoms with E-state index in [0.717, 1.165) is 12.0 Å². The van der Waals surface area contributed by atoms with Crippen LogP contribution in [-0.2, 0) is 4.79 Å². The molecule has 1 rings (SSSR count). The summed E-state index contributed by atoms with van der Waals surface area (Å²) in [6.45, 7) is 7.82. The van der Waals surface area contributed by atoms with Gasteiger partial charge in [0.25, 0.3) is 0 Å². The minimum atomic E-state index is -0.345. The van der Waals surface area contributed by atoms with Crippen molar-refractivity contribution in [2.24, 2.45) is 11.3 Å². The number of carbonyl (C=O) groups is 1. The maximum absolute atomic E-state index is 10.9. The molecule has 2 heteroatoms. The van der Waals surface area contributed by atoms with Crippen LogP contribution in [0.15, 0.2) is 23.8 Å². The second-order valence-corrected chi connectivity index (χ2v) is 5.12. The number of hydrogen-bond donors (Lipinski definition) is 1. The molecule has 1 aliphatic carbocycles. The van der Waals surface area contributed by atoms with Crippen LogP contribution in [0.3, 0.4) is 0 Å². The number of rotatable bonds is 2. The summed E-state index contributed by atoms with van der Waals surface area (Å²) >= 11 is 0. The number of ketones is 1. The predicted octanol–water partition coefficient (Wildman–Crippen LogP) is 2.48. The monoisotopic (exact) mass is 208 g/mol. The molecule has 1 aliphatic rings. The van der Waals surface area contributed by atoms with Gasteiger partial charge in [0.2, 0.25) is 0 Å². The van der Waals surface area contributed by atoms with Crippen molar-refractivity contribution in [1.29, 1.82) is 0 Å². The second kappa shape index (κ2) is 4.31. The van der Waals surface area contributed by atoms with Gasteiger partial charge in [0.15, 0.2) is 5.78 Å². The Bertz CT molecular complexity index is 310. The zero-order chi connectivity index (χ0) is 11.6. The van der Waals surface area contributed by atoms with Crippen LogP contribution in [-0.4, -0.2) is 17.0 Å². The van der Waals surface area contributed by atoms with Gasteiger partial charge >= 0.3 is 0 Å². The number of aliphatic hydroxyl groups excluding tert-OH is 1. The Morgan fingerprint density at radius 1 is 1.60 bits per heavy atom. The maximum atomic E-state index is 10.9. The molecular formula is C13H20O2. The van der Waals surface area contributed by atoms with Crippen LogP contribution in [0, 0.1) is 11.3 Å². The Labute approximate surface area is 91.7 Å². The van der Waals surface area contributed by atoms with Crippen LogP contribution in [0.25, 0.3) is 0 Å². The smallest absolute Gasteiger partial charge is 0.152 e. The average molecular weight is 208 g/mol. The van der Waals surface area contributed by atoms with Gasteiger partial charge < -0.3 is 5.11 Å². The van der Waals surface area contributed by atoms with Crippen molar-refractivity contribution in [3.05, 3.63) is 23.8 Å². The number of aliphatic hydroxyl groups is 1. The minimum absolute atomic E-state index is 0.0181. The molecule has 0 aliphatic heterocycles. The van der Waals surface area contributed by atoms with E-state index >= 15 is 0 Å². The van der Waals surface area contributed by atoms with Gasteiger partial charge in [-0.25, -0.2) is 0 Å². The molecule has 0 aromatic heterocycles. The fourth-order valence-corrected chi connectivity index (χ4v) is 2.39. The number of hydrogen-bond acceptors (Lipinski definition) is 2. The highest BCUT2D eigenvalue weighted by atomic mass is 16.3. The van der Waals surface area contributed by atoms with E-state index in [1.807, 2.05) is 19.1 Å². The highest BCUT2D eigenvalue weighted by Crippen LogP contribution is 2.41. The molecule has 1 N–H and O–H groups in total. The molecular weight excluding hydrogens is 188 g/mol. The van der Waals surface area contributed by atoms with E-state index in [1.54, 1.807) is 13.0 Å². The van der Waals surface area contributed by atoms with Crippen molar-refractivity contribution in [1.82, 2.24) is 0 Å². The lowest BCUT2D eigenvalue weighted by Gasteiger charge is -2.38. The van der Waals surface area contributed by atoms with Gasteiger partial charge in [-0.3, -0.25) is 4.79 Å². The summed E-state index contributed by atoms with van der Waals surface area (Å²) in [7, 11) is 0. The van der Waals surface area contributed by atoms with Crippen LogP contribution in [0.4, 0.5) is 0 Å². The zero-order valence-electron chi connectivity index (χ0n) is 9.95. The van der Waals surface area contributed by atoms with Crippen molar-refractivity contribution in [3.63, 3.8) is 0 Å². The fraction of sp³-hybridized carbons (Fsp3) is 0.615. The van der Waals surface area contributed by atoms with Gasteiger partial charge in [0.1, 0.15) is 0 Å². The Hall–Kier alpha value is -0.890. The molecule has 0 heterocycles. The summed E-state index contributed by atoms with van der Waals surface area (Å²) in [6.07, 6.45) is 5.88. The van der Waals surface area contributed by atoms with Crippen molar-refractivity contribution < 1.29 is 9.90 Å². The van der Waals surface area contributed by atoms with E-state index in [0.29, 0.717) is 0 Å². The highest BCUT2D eigenvalue weighted by molar-refractivity contribution is 5.87. The van der Waals surface area contributed by atoms with Gasteiger partial charge in [0, 0.05) is 5.92 Å². The van der Waals surface area contributed by atoms with Gasteiger partial charge in [-0.2, -0.15) is 0 Å². The first-order chi connectivity index (χ1) is 6.83. The van der Waals surface area contributed by atoms with Crippen molar-refractivity contribution in [3.8, 4) is 0 Å². The topological polar surface area (TPSA) is 37.3 Å². The minimum Gasteiger partial charge on any atom is -0.389 e. The van der Waals surface area contributed by atoms with Gasteiger partial charge in [-0.15, -0.1) is 0 Å². The molecule has 84 valence electrons. The van der Waals surface area contributed by atoms with Crippen molar-refractivity contribution in [2.75, 3.05) is 0 Å². The van der Waals surface area contributed by atoms with Crippen LogP contribution >= 0.6 is 0 Å². The largest absolute Gasteiger partial charge is 0.389 e. The van der Waals surface area contributed by atoms with Crippen LogP contribution in [0.1, 0.15) is 34.1 Å². The Kier molecular flexibility index (Phi) is 3.50. The normalized spacial score (nSPS) is 30.3. The molecule has 0 amide bonds. The van der Waals surface area contributed by atoms with Crippen LogP contribution in [0.2, 0.25) is 0 Å². The maximum Gasteiger partial charge on any atom is 0.152 e. The summed E-state index contributed by atoms with van der Waals surface area (Å²) in [6, 6.07) is 0. The first-order valence-corrected chi connectivity index (χ1v) is 5.38.